The van der Waals surface area contributed by atoms with Gasteiger partial charge in [-0.3, -0.25) is 9.69 Å². The zero-order valence-electron chi connectivity index (χ0n) is 17.6. The van der Waals surface area contributed by atoms with Crippen molar-refractivity contribution < 1.29 is 9.18 Å². The lowest BCUT2D eigenvalue weighted by atomic mass is 10.0. The van der Waals surface area contributed by atoms with Gasteiger partial charge >= 0.3 is 0 Å². The Bertz CT molecular complexity index is 1080. The van der Waals surface area contributed by atoms with E-state index < -0.39 is 5.82 Å². The predicted molar refractivity (Wildman–Crippen MR) is 124 cm³/mol. The molecule has 1 atom stereocenters. The van der Waals surface area contributed by atoms with Gasteiger partial charge in [0, 0.05) is 24.2 Å². The Labute approximate surface area is 187 Å². The Balaban J connectivity index is 1.41. The molecule has 1 fully saturated rings. The van der Waals surface area contributed by atoms with Gasteiger partial charge in [0.15, 0.2) is 0 Å². The minimum atomic E-state index is -0.485. The smallest absolute Gasteiger partial charge is 0.254 e. The van der Waals surface area contributed by atoms with Crippen molar-refractivity contribution in [2.45, 2.75) is 32.4 Å². The molecule has 1 unspecified atom stereocenters. The van der Waals surface area contributed by atoms with Gasteiger partial charge in [-0.25, -0.2) is 4.39 Å². The summed E-state index contributed by atoms with van der Waals surface area (Å²) in [5, 5.41) is 3.78. The number of rotatable bonds is 5. The van der Waals surface area contributed by atoms with Crippen LogP contribution in [0.4, 0.5) is 4.39 Å². The van der Waals surface area contributed by atoms with Crippen LogP contribution in [-0.2, 0) is 6.54 Å². The number of piperidine rings is 1. The van der Waals surface area contributed by atoms with Gasteiger partial charge in [0.2, 0.25) is 0 Å². The van der Waals surface area contributed by atoms with E-state index in [0.717, 1.165) is 54.2 Å². The fourth-order valence-corrected chi connectivity index (χ4v) is 4.29. The molecular formula is C26H26ClFN2O. The lowest BCUT2D eigenvalue weighted by Crippen LogP contribution is -2.47. The van der Waals surface area contributed by atoms with Gasteiger partial charge in [-0.2, -0.15) is 0 Å². The molecule has 3 nitrogen and oxygen atoms in total. The van der Waals surface area contributed by atoms with Crippen molar-refractivity contribution in [3.63, 3.8) is 0 Å². The van der Waals surface area contributed by atoms with Gasteiger partial charge in [0.25, 0.3) is 5.91 Å². The van der Waals surface area contributed by atoms with Gasteiger partial charge in [0.1, 0.15) is 5.82 Å². The quantitative estimate of drug-likeness (QED) is 0.544. The average Bonchev–Trinajstić information content (AvgIpc) is 2.76. The van der Waals surface area contributed by atoms with Crippen LogP contribution in [0.15, 0.2) is 66.7 Å². The molecule has 0 bridgehead atoms. The molecule has 1 saturated heterocycles. The molecule has 0 saturated carbocycles. The molecule has 31 heavy (non-hydrogen) atoms. The Hall–Kier alpha value is -2.69. The Morgan fingerprint density at radius 1 is 1.10 bits per heavy atom. The first-order chi connectivity index (χ1) is 15.0. The minimum Gasteiger partial charge on any atom is -0.348 e. The Morgan fingerprint density at radius 3 is 2.71 bits per heavy atom. The molecule has 1 aliphatic rings. The number of amides is 1. The highest BCUT2D eigenvalue weighted by Crippen LogP contribution is 2.26. The molecule has 0 radical (unpaired) electrons. The van der Waals surface area contributed by atoms with Crippen LogP contribution in [0.1, 0.15) is 34.3 Å². The molecule has 3 aromatic carbocycles. The summed E-state index contributed by atoms with van der Waals surface area (Å²) in [7, 11) is 0. The normalized spacial score (nSPS) is 16.8. The van der Waals surface area contributed by atoms with Crippen LogP contribution >= 0.6 is 11.6 Å². The Morgan fingerprint density at radius 2 is 1.90 bits per heavy atom. The summed E-state index contributed by atoms with van der Waals surface area (Å²) in [5.74, 6) is -0.830. The van der Waals surface area contributed by atoms with Crippen LogP contribution in [0.2, 0.25) is 5.02 Å². The van der Waals surface area contributed by atoms with Crippen LogP contribution in [0, 0.1) is 12.7 Å². The van der Waals surface area contributed by atoms with Crippen LogP contribution in [-0.4, -0.2) is 29.9 Å². The standard InChI is InChI=1S/C26H26ClFN2O/c1-18-11-12-21(15-24(18)27)20-7-4-6-19(14-20)16-30-13-5-8-22(17-30)29-26(31)23-9-2-3-10-25(23)28/h2-4,6-7,9-12,14-15,22H,5,8,13,16-17H2,1H3,(H,29,31). The van der Waals surface area contributed by atoms with Crippen LogP contribution < -0.4 is 5.32 Å². The first-order valence-electron chi connectivity index (χ1n) is 10.6. The van der Waals surface area contributed by atoms with E-state index in [2.05, 4.69) is 40.5 Å². The zero-order valence-corrected chi connectivity index (χ0v) is 18.3. The van der Waals surface area contributed by atoms with Gasteiger partial charge in [0.05, 0.1) is 5.56 Å². The predicted octanol–water partition coefficient (Wildman–Crippen LogP) is 5.85. The number of nitrogens with zero attached hydrogens (tertiary/aromatic N) is 1. The molecule has 0 aliphatic carbocycles. The summed E-state index contributed by atoms with van der Waals surface area (Å²) < 4.78 is 13.9. The first kappa shape index (κ1) is 21.5. The topological polar surface area (TPSA) is 32.3 Å². The number of likely N-dealkylation sites (tertiary alicyclic amines) is 1. The van der Waals surface area contributed by atoms with Gasteiger partial charge < -0.3 is 5.32 Å². The van der Waals surface area contributed by atoms with Crippen molar-refractivity contribution in [3.05, 3.63) is 94.3 Å². The second-order valence-corrected chi connectivity index (χ2v) is 8.60. The lowest BCUT2D eigenvalue weighted by Gasteiger charge is -2.33. The maximum absolute atomic E-state index is 13.9. The second-order valence-electron chi connectivity index (χ2n) is 8.19. The summed E-state index contributed by atoms with van der Waals surface area (Å²) in [6, 6.07) is 20.7. The first-order valence-corrected chi connectivity index (χ1v) is 11.0. The molecule has 0 aromatic heterocycles. The number of carbonyl (C=O) groups excluding carboxylic acids is 1. The number of hydrogen-bond donors (Lipinski definition) is 1. The third kappa shape index (κ3) is 5.33. The van der Waals surface area contributed by atoms with E-state index in [0.29, 0.717) is 0 Å². The molecular weight excluding hydrogens is 411 g/mol. The molecule has 0 spiro atoms. The van der Waals surface area contributed by atoms with Crippen molar-refractivity contribution in [3.8, 4) is 11.1 Å². The SMILES string of the molecule is Cc1ccc(-c2cccc(CN3CCCC(NC(=O)c4ccccc4F)C3)c2)cc1Cl. The van der Waals surface area contributed by atoms with E-state index in [1.54, 1.807) is 12.1 Å². The summed E-state index contributed by atoms with van der Waals surface area (Å²) in [6.07, 6.45) is 1.90. The van der Waals surface area contributed by atoms with E-state index in [9.17, 15) is 9.18 Å². The number of benzene rings is 3. The molecule has 160 valence electrons. The fraction of sp³-hybridized carbons (Fsp3) is 0.269. The summed E-state index contributed by atoms with van der Waals surface area (Å²) >= 11 is 6.30. The van der Waals surface area contributed by atoms with E-state index in [1.807, 2.05) is 19.1 Å². The van der Waals surface area contributed by atoms with E-state index in [4.69, 9.17) is 11.6 Å². The van der Waals surface area contributed by atoms with Crippen molar-refractivity contribution >= 4 is 17.5 Å². The molecule has 5 heteroatoms. The fourth-order valence-electron chi connectivity index (χ4n) is 4.11. The van der Waals surface area contributed by atoms with Crippen LogP contribution in [0.5, 0.6) is 0 Å². The zero-order chi connectivity index (χ0) is 21.8. The molecule has 1 heterocycles. The summed E-state index contributed by atoms with van der Waals surface area (Å²) in [6.45, 7) is 4.53. The summed E-state index contributed by atoms with van der Waals surface area (Å²) in [4.78, 5) is 14.8. The monoisotopic (exact) mass is 436 g/mol. The van der Waals surface area contributed by atoms with Crippen LogP contribution in [0.3, 0.4) is 0 Å². The third-order valence-electron chi connectivity index (χ3n) is 5.80. The van der Waals surface area contributed by atoms with Gasteiger partial charge in [-0.1, -0.05) is 54.1 Å². The third-order valence-corrected chi connectivity index (χ3v) is 6.20. The second kappa shape index (κ2) is 9.63. The molecule has 1 N–H and O–H groups in total. The maximum atomic E-state index is 13.9. The van der Waals surface area contributed by atoms with Gasteiger partial charge in [-0.05, 0) is 72.8 Å². The molecule has 4 rings (SSSR count). The molecule has 1 amide bonds. The highest BCUT2D eigenvalue weighted by atomic mass is 35.5. The Kier molecular flexibility index (Phi) is 6.69. The summed E-state index contributed by atoms with van der Waals surface area (Å²) in [5.41, 5.74) is 4.63. The highest BCUT2D eigenvalue weighted by molar-refractivity contribution is 6.31. The number of nitrogens with one attached hydrogen (secondary N) is 1. The average molecular weight is 437 g/mol. The largest absolute Gasteiger partial charge is 0.348 e. The maximum Gasteiger partial charge on any atom is 0.254 e. The lowest BCUT2D eigenvalue weighted by molar-refractivity contribution is 0.0897. The minimum absolute atomic E-state index is 0.0138. The van der Waals surface area contributed by atoms with Crippen molar-refractivity contribution in [2.24, 2.45) is 0 Å². The van der Waals surface area contributed by atoms with E-state index in [-0.39, 0.29) is 17.5 Å². The van der Waals surface area contributed by atoms with E-state index >= 15 is 0 Å². The number of carbonyl (C=O) groups is 1. The number of aryl methyl sites for hydroxylation is 1. The number of halogens is 2. The van der Waals surface area contributed by atoms with Gasteiger partial charge in [-0.15, -0.1) is 0 Å². The molecule has 1 aliphatic heterocycles. The van der Waals surface area contributed by atoms with Crippen LogP contribution in [0.25, 0.3) is 11.1 Å². The van der Waals surface area contributed by atoms with E-state index in [1.165, 1.54) is 17.7 Å². The number of hydrogen-bond acceptors (Lipinski definition) is 2. The molecule has 3 aromatic rings. The van der Waals surface area contributed by atoms with Crippen molar-refractivity contribution in [1.29, 1.82) is 0 Å². The highest BCUT2D eigenvalue weighted by Gasteiger charge is 2.23. The van der Waals surface area contributed by atoms with Crippen molar-refractivity contribution in [2.75, 3.05) is 13.1 Å². The van der Waals surface area contributed by atoms with Crippen molar-refractivity contribution in [1.82, 2.24) is 10.2 Å².